The van der Waals surface area contributed by atoms with Crippen LogP contribution in [0.15, 0.2) is 41.8 Å². The Kier molecular flexibility index (Phi) is 6.80. The fourth-order valence-corrected chi connectivity index (χ4v) is 4.71. The number of hydrogen-bond acceptors (Lipinski definition) is 5. The zero-order valence-corrected chi connectivity index (χ0v) is 18.6. The summed E-state index contributed by atoms with van der Waals surface area (Å²) >= 11 is 1.36. The first-order chi connectivity index (χ1) is 12.9. The first-order valence-corrected chi connectivity index (χ1v) is 11.2. The summed E-state index contributed by atoms with van der Waals surface area (Å²) in [6.45, 7) is 13.3. The van der Waals surface area contributed by atoms with Gasteiger partial charge in [-0.15, -0.1) is 17.9 Å². The van der Waals surface area contributed by atoms with E-state index in [1.54, 1.807) is 24.3 Å². The summed E-state index contributed by atoms with van der Waals surface area (Å²) in [5.74, 6) is -0.439. The molecule has 6 nitrogen and oxygen atoms in total. The van der Waals surface area contributed by atoms with E-state index in [9.17, 15) is 13.2 Å². The average Bonchev–Trinajstić information content (AvgIpc) is 2.91. The lowest BCUT2D eigenvalue weighted by Gasteiger charge is -2.22. The van der Waals surface area contributed by atoms with Crippen LogP contribution in [0, 0.1) is 13.8 Å². The van der Waals surface area contributed by atoms with Gasteiger partial charge in [0.25, 0.3) is 0 Å². The van der Waals surface area contributed by atoms with Crippen LogP contribution in [0.1, 0.15) is 36.9 Å². The van der Waals surface area contributed by atoms with Crippen molar-refractivity contribution in [2.45, 2.75) is 44.9 Å². The molecule has 1 aromatic carbocycles. The van der Waals surface area contributed by atoms with Crippen molar-refractivity contribution in [2.75, 3.05) is 18.4 Å². The van der Waals surface area contributed by atoms with Gasteiger partial charge < -0.3 is 5.32 Å². The number of nitrogens with one attached hydrogen (secondary N) is 1. The Morgan fingerprint density at radius 2 is 1.86 bits per heavy atom. The molecule has 0 aliphatic carbocycles. The highest BCUT2D eigenvalue weighted by atomic mass is 32.2. The van der Waals surface area contributed by atoms with Gasteiger partial charge in [0, 0.05) is 11.4 Å². The minimum Gasteiger partial charge on any atom is -0.301 e. The van der Waals surface area contributed by atoms with E-state index >= 15 is 0 Å². The van der Waals surface area contributed by atoms with Gasteiger partial charge in [0.05, 0.1) is 17.1 Å². The molecule has 0 atom stereocenters. The van der Waals surface area contributed by atoms with Crippen molar-refractivity contribution in [2.24, 2.45) is 0 Å². The van der Waals surface area contributed by atoms with E-state index in [0.29, 0.717) is 5.13 Å². The van der Waals surface area contributed by atoms with E-state index in [-0.39, 0.29) is 23.4 Å². The van der Waals surface area contributed by atoms with Crippen LogP contribution in [0.5, 0.6) is 0 Å². The molecule has 1 amide bonds. The second-order valence-electron chi connectivity index (χ2n) is 7.57. The molecule has 1 N–H and O–H groups in total. The van der Waals surface area contributed by atoms with Gasteiger partial charge in [-0.05, 0) is 37.0 Å². The minimum atomic E-state index is -3.83. The fourth-order valence-electron chi connectivity index (χ4n) is 2.51. The van der Waals surface area contributed by atoms with E-state index in [2.05, 4.69) is 37.7 Å². The molecular formula is C20H27N3O3S2. The summed E-state index contributed by atoms with van der Waals surface area (Å²) in [5, 5.41) is 3.14. The van der Waals surface area contributed by atoms with Crippen molar-refractivity contribution in [3.8, 4) is 0 Å². The van der Waals surface area contributed by atoms with Crippen LogP contribution in [0.4, 0.5) is 5.13 Å². The largest absolute Gasteiger partial charge is 0.301 e. The predicted molar refractivity (Wildman–Crippen MR) is 114 cm³/mol. The van der Waals surface area contributed by atoms with E-state index in [1.165, 1.54) is 17.4 Å². The number of nitrogens with zero attached hydrogens (tertiary/aromatic N) is 2. The van der Waals surface area contributed by atoms with Gasteiger partial charge in [0.1, 0.15) is 0 Å². The zero-order chi connectivity index (χ0) is 21.1. The molecule has 0 saturated heterocycles. The third kappa shape index (κ3) is 5.27. The maximum Gasteiger partial charge on any atom is 0.243 e. The maximum atomic E-state index is 13.0. The van der Waals surface area contributed by atoms with Gasteiger partial charge in [-0.25, -0.2) is 13.4 Å². The van der Waals surface area contributed by atoms with Crippen molar-refractivity contribution in [3.63, 3.8) is 0 Å². The molecule has 0 aliphatic heterocycles. The van der Waals surface area contributed by atoms with Crippen molar-refractivity contribution in [1.29, 1.82) is 0 Å². The normalized spacial score (nSPS) is 12.2. The molecule has 152 valence electrons. The number of benzene rings is 1. The average molecular weight is 422 g/mol. The van der Waals surface area contributed by atoms with E-state index in [0.717, 1.165) is 20.4 Å². The third-order valence-corrected chi connectivity index (χ3v) is 7.10. The summed E-state index contributed by atoms with van der Waals surface area (Å²) in [6, 6.07) is 6.77. The second-order valence-corrected chi connectivity index (χ2v) is 10.7. The zero-order valence-electron chi connectivity index (χ0n) is 16.9. The Hall–Kier alpha value is -2.03. The molecular weight excluding hydrogens is 394 g/mol. The van der Waals surface area contributed by atoms with Crippen molar-refractivity contribution < 1.29 is 13.2 Å². The number of hydrogen-bond donors (Lipinski definition) is 1. The Labute approximate surface area is 171 Å². The first kappa shape index (κ1) is 22.3. The van der Waals surface area contributed by atoms with Crippen molar-refractivity contribution in [3.05, 3.63) is 53.1 Å². The molecule has 1 heterocycles. The number of thiazole rings is 1. The lowest BCUT2D eigenvalue weighted by molar-refractivity contribution is -0.116. The number of amides is 1. The van der Waals surface area contributed by atoms with E-state index in [4.69, 9.17) is 0 Å². The smallest absolute Gasteiger partial charge is 0.243 e. The van der Waals surface area contributed by atoms with Gasteiger partial charge in [-0.3, -0.25) is 4.79 Å². The van der Waals surface area contributed by atoms with Crippen molar-refractivity contribution in [1.82, 2.24) is 9.29 Å². The fraction of sp³-hybridized carbons (Fsp3) is 0.400. The predicted octanol–water partition coefficient (Wildman–Crippen LogP) is 3.87. The molecule has 8 heteroatoms. The molecule has 0 saturated carbocycles. The second kappa shape index (κ2) is 8.55. The summed E-state index contributed by atoms with van der Waals surface area (Å²) in [6.07, 6.45) is 1.46. The SMILES string of the molecule is C=CCN(CC(=O)Nc1nc(C)c(C)s1)S(=O)(=O)c1ccc(C(C)(C)C)cc1. The standard InChI is InChI=1S/C20H27N3O3S2/c1-7-12-23(13-18(24)22-19-21-14(2)15(3)27-19)28(25,26)17-10-8-16(9-11-17)20(4,5)6/h7-11H,1,12-13H2,2-6H3,(H,21,22,24). The van der Waals surface area contributed by atoms with Crippen LogP contribution in [0.25, 0.3) is 0 Å². The molecule has 2 aromatic rings. The molecule has 28 heavy (non-hydrogen) atoms. The van der Waals surface area contributed by atoms with Crippen LogP contribution in [0.3, 0.4) is 0 Å². The Morgan fingerprint density at radius 3 is 2.32 bits per heavy atom. The Balaban J connectivity index is 2.20. The van der Waals surface area contributed by atoms with Crippen LogP contribution in [-0.2, 0) is 20.2 Å². The molecule has 0 radical (unpaired) electrons. The molecule has 0 aliphatic rings. The van der Waals surface area contributed by atoms with Gasteiger partial charge in [0.15, 0.2) is 5.13 Å². The highest BCUT2D eigenvalue weighted by Crippen LogP contribution is 2.25. The topological polar surface area (TPSA) is 79.4 Å². The quantitative estimate of drug-likeness (QED) is 0.688. The maximum absolute atomic E-state index is 13.0. The summed E-state index contributed by atoms with van der Waals surface area (Å²) in [4.78, 5) is 17.8. The van der Waals surface area contributed by atoms with E-state index < -0.39 is 15.9 Å². The number of carbonyl (C=O) groups is 1. The summed E-state index contributed by atoms with van der Waals surface area (Å²) in [7, 11) is -3.83. The van der Waals surface area contributed by atoms with Crippen LogP contribution >= 0.6 is 11.3 Å². The van der Waals surface area contributed by atoms with Crippen LogP contribution < -0.4 is 5.32 Å². The lowest BCUT2D eigenvalue weighted by atomic mass is 9.87. The molecule has 0 fully saturated rings. The monoisotopic (exact) mass is 421 g/mol. The number of carbonyl (C=O) groups excluding carboxylic acids is 1. The van der Waals surface area contributed by atoms with Gasteiger partial charge in [0.2, 0.25) is 15.9 Å². The number of anilines is 1. The van der Waals surface area contributed by atoms with Gasteiger partial charge in [-0.1, -0.05) is 39.0 Å². The number of aryl methyl sites for hydroxylation is 2. The lowest BCUT2D eigenvalue weighted by Crippen LogP contribution is -2.38. The number of sulfonamides is 1. The molecule has 2 rings (SSSR count). The highest BCUT2D eigenvalue weighted by molar-refractivity contribution is 7.89. The molecule has 0 bridgehead atoms. The Morgan fingerprint density at radius 1 is 1.25 bits per heavy atom. The van der Waals surface area contributed by atoms with E-state index in [1.807, 2.05) is 13.8 Å². The molecule has 0 spiro atoms. The number of rotatable bonds is 7. The van der Waals surface area contributed by atoms with Gasteiger partial charge >= 0.3 is 0 Å². The summed E-state index contributed by atoms with van der Waals surface area (Å²) < 4.78 is 27.1. The number of aromatic nitrogens is 1. The summed E-state index contributed by atoms with van der Waals surface area (Å²) in [5.41, 5.74) is 1.80. The van der Waals surface area contributed by atoms with Crippen molar-refractivity contribution >= 4 is 32.4 Å². The third-order valence-electron chi connectivity index (χ3n) is 4.29. The van der Waals surface area contributed by atoms with Crippen LogP contribution in [-0.4, -0.2) is 36.7 Å². The Bertz CT molecular complexity index is 936. The minimum absolute atomic E-state index is 0.0344. The van der Waals surface area contributed by atoms with Crippen LogP contribution in [0.2, 0.25) is 0 Å². The first-order valence-electron chi connectivity index (χ1n) is 8.90. The molecule has 0 unspecified atom stereocenters. The molecule has 1 aromatic heterocycles. The van der Waals surface area contributed by atoms with Gasteiger partial charge in [-0.2, -0.15) is 4.31 Å². The highest BCUT2D eigenvalue weighted by Gasteiger charge is 2.26.